The van der Waals surface area contributed by atoms with E-state index in [1.54, 1.807) is 6.08 Å². The molecule has 138 valence electrons. The van der Waals surface area contributed by atoms with Gasteiger partial charge in [0, 0.05) is 17.3 Å². The Morgan fingerprint density at radius 3 is 2.56 bits per heavy atom. The summed E-state index contributed by atoms with van der Waals surface area (Å²) in [4.78, 5) is 12.1. The number of para-hydroxylation sites is 1. The minimum Gasteiger partial charge on any atom is -0.458 e. The molecule has 0 N–H and O–H groups in total. The molecule has 1 aromatic heterocycles. The second kappa shape index (κ2) is 8.04. The highest BCUT2D eigenvalue weighted by Crippen LogP contribution is 2.19. The monoisotopic (exact) mass is 360 g/mol. The van der Waals surface area contributed by atoms with Crippen molar-refractivity contribution in [1.82, 2.24) is 9.78 Å². The number of rotatable bonds is 5. The van der Waals surface area contributed by atoms with Crippen LogP contribution in [0, 0.1) is 27.7 Å². The Morgan fingerprint density at radius 1 is 1.07 bits per heavy atom. The third kappa shape index (κ3) is 4.34. The van der Waals surface area contributed by atoms with E-state index < -0.39 is 0 Å². The molecule has 0 saturated carbocycles. The first kappa shape index (κ1) is 18.6. The summed E-state index contributed by atoms with van der Waals surface area (Å²) in [5, 5.41) is 4.59. The van der Waals surface area contributed by atoms with Crippen LogP contribution in [0.3, 0.4) is 0 Å². The van der Waals surface area contributed by atoms with Crippen LogP contribution in [0.5, 0.6) is 0 Å². The predicted octanol–water partition coefficient (Wildman–Crippen LogP) is 4.86. The first-order valence-corrected chi connectivity index (χ1v) is 8.98. The normalized spacial score (nSPS) is 11.1. The van der Waals surface area contributed by atoms with E-state index in [1.807, 2.05) is 74.8 Å². The van der Waals surface area contributed by atoms with E-state index in [2.05, 4.69) is 11.2 Å². The second-order valence-corrected chi connectivity index (χ2v) is 6.70. The van der Waals surface area contributed by atoms with Crippen LogP contribution in [0.4, 0.5) is 0 Å². The Bertz CT molecular complexity index is 985. The Labute approximate surface area is 160 Å². The fourth-order valence-corrected chi connectivity index (χ4v) is 3.02. The molecule has 0 aliphatic rings. The molecule has 4 heteroatoms. The van der Waals surface area contributed by atoms with E-state index in [4.69, 9.17) is 4.74 Å². The third-order valence-electron chi connectivity index (χ3n) is 4.61. The molecule has 27 heavy (non-hydrogen) atoms. The Kier molecular flexibility index (Phi) is 5.55. The molecule has 2 aromatic carbocycles. The number of aryl methyl sites for hydroxylation is 3. The van der Waals surface area contributed by atoms with E-state index in [0.29, 0.717) is 0 Å². The van der Waals surface area contributed by atoms with Crippen molar-refractivity contribution >= 4 is 12.0 Å². The number of benzene rings is 2. The summed E-state index contributed by atoms with van der Waals surface area (Å²) in [6.07, 6.45) is 3.25. The van der Waals surface area contributed by atoms with Gasteiger partial charge in [0.05, 0.1) is 11.4 Å². The van der Waals surface area contributed by atoms with E-state index >= 15 is 0 Å². The molecule has 0 aliphatic carbocycles. The molecule has 0 atom stereocenters. The molecule has 0 saturated heterocycles. The maximum atomic E-state index is 12.1. The third-order valence-corrected chi connectivity index (χ3v) is 4.61. The van der Waals surface area contributed by atoms with Gasteiger partial charge in [0.2, 0.25) is 0 Å². The highest BCUT2D eigenvalue weighted by atomic mass is 16.5. The average Bonchev–Trinajstić information content (AvgIpc) is 2.95. The lowest BCUT2D eigenvalue weighted by Crippen LogP contribution is -2.02. The minimum atomic E-state index is -0.359. The van der Waals surface area contributed by atoms with E-state index in [9.17, 15) is 4.79 Å². The van der Waals surface area contributed by atoms with Crippen LogP contribution in [0.2, 0.25) is 0 Å². The average molecular weight is 360 g/mol. The quantitative estimate of drug-likeness (QED) is 0.482. The Hall–Kier alpha value is -3.14. The second-order valence-electron chi connectivity index (χ2n) is 6.70. The van der Waals surface area contributed by atoms with Crippen LogP contribution < -0.4 is 0 Å². The van der Waals surface area contributed by atoms with E-state index in [0.717, 1.165) is 39.3 Å². The molecule has 0 amide bonds. The predicted molar refractivity (Wildman–Crippen MR) is 108 cm³/mol. The fraction of sp³-hybridized carbons (Fsp3) is 0.217. The topological polar surface area (TPSA) is 44.1 Å². The summed E-state index contributed by atoms with van der Waals surface area (Å²) in [6.45, 7) is 8.25. The summed E-state index contributed by atoms with van der Waals surface area (Å²) in [5.74, 6) is -0.359. The zero-order valence-corrected chi connectivity index (χ0v) is 16.2. The molecule has 0 radical (unpaired) electrons. The molecule has 0 spiro atoms. The van der Waals surface area contributed by atoms with Gasteiger partial charge in [-0.05, 0) is 57.0 Å². The van der Waals surface area contributed by atoms with Crippen LogP contribution in [-0.2, 0) is 16.1 Å². The smallest absolute Gasteiger partial charge is 0.331 e. The first-order valence-electron chi connectivity index (χ1n) is 8.98. The molecule has 3 aromatic rings. The van der Waals surface area contributed by atoms with E-state index in [1.165, 1.54) is 6.08 Å². The van der Waals surface area contributed by atoms with Gasteiger partial charge in [0.1, 0.15) is 6.61 Å². The molecule has 0 unspecified atom stereocenters. The van der Waals surface area contributed by atoms with Crippen molar-refractivity contribution in [2.45, 2.75) is 34.3 Å². The lowest BCUT2D eigenvalue weighted by molar-refractivity contribution is -0.138. The van der Waals surface area contributed by atoms with Crippen molar-refractivity contribution in [3.8, 4) is 5.69 Å². The Balaban J connectivity index is 1.71. The number of carbonyl (C=O) groups is 1. The van der Waals surface area contributed by atoms with Gasteiger partial charge in [-0.25, -0.2) is 9.48 Å². The van der Waals surface area contributed by atoms with Crippen molar-refractivity contribution in [3.05, 3.63) is 88.2 Å². The lowest BCUT2D eigenvalue weighted by atomic mass is 10.1. The molecule has 4 nitrogen and oxygen atoms in total. The Morgan fingerprint density at radius 2 is 1.81 bits per heavy atom. The molecule has 0 aliphatic heterocycles. The maximum Gasteiger partial charge on any atom is 0.331 e. The number of hydrogen-bond acceptors (Lipinski definition) is 3. The van der Waals surface area contributed by atoms with Crippen molar-refractivity contribution in [3.63, 3.8) is 0 Å². The van der Waals surface area contributed by atoms with Crippen molar-refractivity contribution < 1.29 is 9.53 Å². The molecular weight excluding hydrogens is 336 g/mol. The standard InChI is InChI=1S/C23H24N2O2/c1-16-10-11-17(2)20(14-16)15-27-23(26)13-12-22-18(3)24-25(19(22)4)21-8-6-5-7-9-21/h5-14H,15H2,1-4H3/b13-12+. The largest absolute Gasteiger partial charge is 0.458 e. The van der Waals surface area contributed by atoms with Gasteiger partial charge in [-0.1, -0.05) is 42.0 Å². The zero-order valence-electron chi connectivity index (χ0n) is 16.2. The van der Waals surface area contributed by atoms with Gasteiger partial charge >= 0.3 is 5.97 Å². The molecule has 0 bridgehead atoms. The number of ether oxygens (including phenoxy) is 1. The van der Waals surface area contributed by atoms with E-state index in [-0.39, 0.29) is 12.6 Å². The number of carbonyl (C=O) groups excluding carboxylic acids is 1. The summed E-state index contributed by atoms with van der Waals surface area (Å²) in [7, 11) is 0. The van der Waals surface area contributed by atoms with Crippen LogP contribution in [0.15, 0.2) is 54.6 Å². The highest BCUT2D eigenvalue weighted by molar-refractivity contribution is 5.87. The van der Waals surface area contributed by atoms with Crippen LogP contribution >= 0.6 is 0 Å². The fourth-order valence-electron chi connectivity index (χ4n) is 3.02. The zero-order chi connectivity index (χ0) is 19.4. The molecular formula is C23H24N2O2. The summed E-state index contributed by atoms with van der Waals surface area (Å²) in [5.41, 5.74) is 7.08. The van der Waals surface area contributed by atoms with Crippen molar-refractivity contribution in [1.29, 1.82) is 0 Å². The van der Waals surface area contributed by atoms with Gasteiger partial charge in [-0.2, -0.15) is 5.10 Å². The van der Waals surface area contributed by atoms with Gasteiger partial charge in [-0.15, -0.1) is 0 Å². The first-order chi connectivity index (χ1) is 13.0. The number of esters is 1. The van der Waals surface area contributed by atoms with Gasteiger partial charge in [-0.3, -0.25) is 0 Å². The molecule has 3 rings (SSSR count). The molecule has 1 heterocycles. The minimum absolute atomic E-state index is 0.276. The highest BCUT2D eigenvalue weighted by Gasteiger charge is 2.11. The molecule has 0 fully saturated rings. The number of hydrogen-bond donors (Lipinski definition) is 0. The van der Waals surface area contributed by atoms with Crippen molar-refractivity contribution in [2.75, 3.05) is 0 Å². The maximum absolute atomic E-state index is 12.1. The SMILES string of the molecule is Cc1ccc(C)c(COC(=O)/C=C/c2c(C)nn(-c3ccccc3)c2C)c1. The van der Waals surface area contributed by atoms with Crippen LogP contribution in [-0.4, -0.2) is 15.7 Å². The van der Waals surface area contributed by atoms with Gasteiger partial charge in [0.15, 0.2) is 0 Å². The van der Waals surface area contributed by atoms with Crippen LogP contribution in [0.1, 0.15) is 33.6 Å². The lowest BCUT2D eigenvalue weighted by Gasteiger charge is -2.07. The number of nitrogens with zero attached hydrogens (tertiary/aromatic N) is 2. The van der Waals surface area contributed by atoms with Crippen molar-refractivity contribution in [2.24, 2.45) is 0 Å². The van der Waals surface area contributed by atoms with Gasteiger partial charge < -0.3 is 4.74 Å². The summed E-state index contributed by atoms with van der Waals surface area (Å²) < 4.78 is 7.29. The summed E-state index contributed by atoms with van der Waals surface area (Å²) in [6, 6.07) is 16.1. The number of aromatic nitrogens is 2. The summed E-state index contributed by atoms with van der Waals surface area (Å²) >= 11 is 0. The van der Waals surface area contributed by atoms with Gasteiger partial charge in [0.25, 0.3) is 0 Å². The van der Waals surface area contributed by atoms with Crippen LogP contribution in [0.25, 0.3) is 11.8 Å².